The number of amides is 2. The second kappa shape index (κ2) is 8.35. The summed E-state index contributed by atoms with van der Waals surface area (Å²) in [5.41, 5.74) is 3.06. The zero-order valence-corrected chi connectivity index (χ0v) is 17.6. The van der Waals surface area contributed by atoms with Gasteiger partial charge in [-0.15, -0.1) is 11.3 Å². The van der Waals surface area contributed by atoms with E-state index in [1.54, 1.807) is 0 Å². The van der Waals surface area contributed by atoms with Crippen LogP contribution in [0.25, 0.3) is 4.96 Å². The van der Waals surface area contributed by atoms with Crippen molar-refractivity contribution in [3.63, 3.8) is 0 Å². The van der Waals surface area contributed by atoms with Crippen LogP contribution in [0.1, 0.15) is 40.5 Å². The third-order valence-electron chi connectivity index (χ3n) is 5.41. The van der Waals surface area contributed by atoms with Crippen molar-refractivity contribution in [1.29, 1.82) is 0 Å². The van der Waals surface area contributed by atoms with Crippen LogP contribution in [0.2, 0.25) is 0 Å². The minimum absolute atomic E-state index is 0.248. The first kappa shape index (κ1) is 19.5. The Labute approximate surface area is 183 Å². The molecule has 7 heteroatoms. The largest absolute Gasteiger partial charge is 0.339 e. The van der Waals surface area contributed by atoms with E-state index in [2.05, 4.69) is 15.6 Å². The number of imidazole rings is 1. The number of carbonyl (C=O) groups excluding carboxylic acids is 2. The smallest absolute Gasteiger partial charge is 0.270 e. The van der Waals surface area contributed by atoms with Crippen molar-refractivity contribution >= 4 is 33.8 Å². The second-order valence-corrected chi connectivity index (χ2v) is 8.62. The first-order valence-electron chi connectivity index (χ1n) is 10.3. The lowest BCUT2D eigenvalue weighted by molar-refractivity contribution is -0.118. The molecule has 2 heterocycles. The fourth-order valence-corrected chi connectivity index (χ4v) is 4.43. The molecule has 1 atom stereocenters. The third-order valence-corrected chi connectivity index (χ3v) is 6.17. The summed E-state index contributed by atoms with van der Waals surface area (Å²) in [6, 6.07) is 18.3. The van der Waals surface area contributed by atoms with Gasteiger partial charge in [0.2, 0.25) is 5.91 Å². The van der Waals surface area contributed by atoms with Gasteiger partial charge in [-0.25, -0.2) is 4.98 Å². The molecule has 2 aromatic carbocycles. The van der Waals surface area contributed by atoms with Gasteiger partial charge in [-0.2, -0.15) is 0 Å². The van der Waals surface area contributed by atoms with Gasteiger partial charge in [-0.05, 0) is 30.5 Å². The van der Waals surface area contributed by atoms with Crippen LogP contribution in [0.3, 0.4) is 0 Å². The predicted molar refractivity (Wildman–Crippen MR) is 122 cm³/mol. The van der Waals surface area contributed by atoms with Gasteiger partial charge < -0.3 is 10.6 Å². The average Bonchev–Trinajstić information content (AvgIpc) is 3.42. The van der Waals surface area contributed by atoms with Crippen molar-refractivity contribution in [3.05, 3.63) is 89.2 Å². The molecule has 31 heavy (non-hydrogen) atoms. The van der Waals surface area contributed by atoms with Crippen molar-refractivity contribution in [2.75, 3.05) is 5.32 Å². The van der Waals surface area contributed by atoms with Gasteiger partial charge in [0.05, 0.1) is 5.69 Å². The molecule has 5 rings (SSSR count). The molecule has 1 fully saturated rings. The molecule has 4 aromatic rings. The van der Waals surface area contributed by atoms with Crippen LogP contribution in [0.5, 0.6) is 0 Å². The first-order chi connectivity index (χ1) is 15.2. The minimum atomic E-state index is -0.716. The van der Waals surface area contributed by atoms with E-state index in [0.29, 0.717) is 23.7 Å². The van der Waals surface area contributed by atoms with Gasteiger partial charge in [-0.1, -0.05) is 48.5 Å². The number of nitrogens with one attached hydrogen (secondary N) is 2. The van der Waals surface area contributed by atoms with Crippen LogP contribution in [0.4, 0.5) is 5.69 Å². The standard InChI is InChI=1S/C24H22N4O2S/c29-22(25-18-9-5-2-6-10-18)19(15-16-7-3-1-4-8-16)26-23(30)21-20(17-11-12-17)27-24-28(21)13-14-31-24/h1-10,13-14,17,19H,11-12,15H2,(H,25,29)(H,26,30). The molecule has 0 aliphatic heterocycles. The lowest BCUT2D eigenvalue weighted by Gasteiger charge is -2.19. The number of hydrogen-bond acceptors (Lipinski definition) is 4. The number of anilines is 1. The molecule has 0 bridgehead atoms. The van der Waals surface area contributed by atoms with Gasteiger partial charge >= 0.3 is 0 Å². The van der Waals surface area contributed by atoms with E-state index in [4.69, 9.17) is 0 Å². The zero-order chi connectivity index (χ0) is 21.2. The van der Waals surface area contributed by atoms with Crippen molar-refractivity contribution in [3.8, 4) is 0 Å². The van der Waals surface area contributed by atoms with Crippen LogP contribution in [0, 0.1) is 0 Å². The van der Waals surface area contributed by atoms with E-state index in [-0.39, 0.29) is 11.8 Å². The van der Waals surface area contributed by atoms with Gasteiger partial charge in [0.1, 0.15) is 11.7 Å². The number of nitrogens with zero attached hydrogens (tertiary/aromatic N) is 2. The molecule has 2 amide bonds. The minimum Gasteiger partial charge on any atom is -0.339 e. The number of aromatic nitrogens is 2. The molecular formula is C24H22N4O2S. The van der Waals surface area contributed by atoms with Crippen molar-refractivity contribution in [1.82, 2.24) is 14.7 Å². The summed E-state index contributed by atoms with van der Waals surface area (Å²) < 4.78 is 1.84. The van der Waals surface area contributed by atoms with Crippen molar-refractivity contribution in [2.24, 2.45) is 0 Å². The number of thiazole rings is 1. The van der Waals surface area contributed by atoms with Crippen molar-refractivity contribution < 1.29 is 9.59 Å². The van der Waals surface area contributed by atoms with E-state index in [0.717, 1.165) is 29.1 Å². The molecule has 1 aliphatic carbocycles. The molecule has 0 saturated heterocycles. The Hall–Kier alpha value is -3.45. The number of rotatable bonds is 7. The summed E-state index contributed by atoms with van der Waals surface area (Å²) in [7, 11) is 0. The summed E-state index contributed by atoms with van der Waals surface area (Å²) >= 11 is 1.51. The highest BCUT2D eigenvalue weighted by molar-refractivity contribution is 7.15. The van der Waals surface area contributed by atoms with Crippen LogP contribution < -0.4 is 10.6 Å². The number of benzene rings is 2. The van der Waals surface area contributed by atoms with E-state index < -0.39 is 6.04 Å². The summed E-state index contributed by atoms with van der Waals surface area (Å²) in [4.78, 5) is 32.0. The Morgan fingerprint density at radius 1 is 1.06 bits per heavy atom. The van der Waals surface area contributed by atoms with Crippen LogP contribution in [-0.2, 0) is 11.2 Å². The Bertz CT molecular complexity index is 1210. The predicted octanol–water partition coefficient (Wildman–Crippen LogP) is 4.25. The molecule has 6 nitrogen and oxygen atoms in total. The normalized spacial score (nSPS) is 14.3. The van der Waals surface area contributed by atoms with E-state index in [1.165, 1.54) is 11.3 Å². The van der Waals surface area contributed by atoms with E-state index >= 15 is 0 Å². The third kappa shape index (κ3) is 4.22. The fraction of sp³-hybridized carbons (Fsp3) is 0.208. The Morgan fingerprint density at radius 2 is 1.77 bits per heavy atom. The van der Waals surface area contributed by atoms with E-state index in [1.807, 2.05) is 76.6 Å². The number of para-hydroxylation sites is 1. The quantitative estimate of drug-likeness (QED) is 0.460. The van der Waals surface area contributed by atoms with Crippen LogP contribution in [-0.4, -0.2) is 27.2 Å². The highest BCUT2D eigenvalue weighted by Crippen LogP contribution is 2.41. The van der Waals surface area contributed by atoms with Gasteiger partial charge in [0.15, 0.2) is 4.96 Å². The van der Waals surface area contributed by atoms with E-state index in [9.17, 15) is 9.59 Å². The first-order valence-corrected chi connectivity index (χ1v) is 11.2. The molecule has 1 saturated carbocycles. The Kier molecular flexibility index (Phi) is 5.26. The molecule has 0 spiro atoms. The summed E-state index contributed by atoms with van der Waals surface area (Å²) in [6.45, 7) is 0. The molecular weight excluding hydrogens is 408 g/mol. The highest BCUT2D eigenvalue weighted by atomic mass is 32.1. The Balaban J connectivity index is 1.42. The second-order valence-electron chi connectivity index (χ2n) is 7.75. The maximum Gasteiger partial charge on any atom is 0.270 e. The highest BCUT2D eigenvalue weighted by Gasteiger charge is 2.34. The number of carbonyl (C=O) groups is 2. The maximum absolute atomic E-state index is 13.4. The average molecular weight is 431 g/mol. The number of fused-ring (bicyclic) bond motifs is 1. The van der Waals surface area contributed by atoms with Crippen molar-refractivity contribution in [2.45, 2.75) is 31.2 Å². The van der Waals surface area contributed by atoms with Gasteiger partial charge in [0, 0.05) is 29.6 Å². The monoisotopic (exact) mass is 430 g/mol. The zero-order valence-electron chi connectivity index (χ0n) is 16.8. The molecule has 1 unspecified atom stereocenters. The molecule has 1 aliphatic rings. The molecule has 0 radical (unpaired) electrons. The number of hydrogen-bond donors (Lipinski definition) is 2. The summed E-state index contributed by atoms with van der Waals surface area (Å²) in [6.07, 6.45) is 4.36. The SMILES string of the molecule is O=C(NC(Cc1ccccc1)C(=O)Nc1ccccc1)c1c(C2CC2)nc2sccn12. The van der Waals surface area contributed by atoms with Gasteiger partial charge in [-0.3, -0.25) is 14.0 Å². The fourth-order valence-electron chi connectivity index (χ4n) is 3.71. The summed E-state index contributed by atoms with van der Waals surface area (Å²) in [5, 5.41) is 7.82. The maximum atomic E-state index is 13.4. The molecule has 156 valence electrons. The van der Waals surface area contributed by atoms with Gasteiger partial charge in [0.25, 0.3) is 5.91 Å². The topological polar surface area (TPSA) is 75.5 Å². The Morgan fingerprint density at radius 3 is 2.48 bits per heavy atom. The molecule has 2 aromatic heterocycles. The van der Waals surface area contributed by atoms with Crippen LogP contribution in [0.15, 0.2) is 72.2 Å². The summed E-state index contributed by atoms with van der Waals surface area (Å²) in [5.74, 6) is -0.182. The lowest BCUT2D eigenvalue weighted by Crippen LogP contribution is -2.45. The molecule has 2 N–H and O–H groups in total. The lowest BCUT2D eigenvalue weighted by atomic mass is 10.0. The van der Waals surface area contributed by atoms with Crippen LogP contribution >= 0.6 is 11.3 Å².